The van der Waals surface area contributed by atoms with E-state index in [0.29, 0.717) is 22.1 Å². The number of hydrogen-bond acceptors (Lipinski definition) is 9. The van der Waals surface area contributed by atoms with Crippen LogP contribution in [0.25, 0.3) is 11.1 Å². The number of anilines is 1. The number of aromatic amines is 1. The van der Waals surface area contributed by atoms with Crippen LogP contribution in [0.5, 0.6) is 11.5 Å². The van der Waals surface area contributed by atoms with Gasteiger partial charge in [0.1, 0.15) is 10.6 Å². The molecular weight excluding hydrogens is 398 g/mol. The largest absolute Gasteiger partial charge is 0.493 e. The molecule has 0 aliphatic carbocycles. The number of carbonyl (C=O) groups excluding carboxylic acids is 2. The van der Waals surface area contributed by atoms with Crippen molar-refractivity contribution in [1.82, 2.24) is 20.6 Å². The normalized spacial score (nSPS) is 10.4. The standard InChI is InChI=1S/C18H19N5O5S/c1-4-28-18(25)16-11(10-5-6-12(26-2)13(7-10)27-3)9-29-17(16)19-15(24)8-14-20-22-23-21-14/h5-7,9H,4,8H2,1-3H3,(H,19,24)(H,20,21,22,23). The Balaban J connectivity index is 1.95. The number of ether oxygens (including phenoxy) is 3. The highest BCUT2D eigenvalue weighted by Crippen LogP contribution is 2.39. The number of tetrazole rings is 1. The SMILES string of the molecule is CCOC(=O)c1c(-c2ccc(OC)c(OC)c2)csc1NC(=O)Cc1nn[nH]n1. The van der Waals surface area contributed by atoms with Crippen molar-refractivity contribution >= 4 is 28.2 Å². The summed E-state index contributed by atoms with van der Waals surface area (Å²) in [5.41, 5.74) is 1.61. The summed E-state index contributed by atoms with van der Waals surface area (Å²) < 4.78 is 15.8. The van der Waals surface area contributed by atoms with Crippen LogP contribution in [0.3, 0.4) is 0 Å². The van der Waals surface area contributed by atoms with Gasteiger partial charge in [-0.2, -0.15) is 5.21 Å². The molecular formula is C18H19N5O5S. The Morgan fingerprint density at radius 2 is 2.00 bits per heavy atom. The van der Waals surface area contributed by atoms with Gasteiger partial charge in [-0.05, 0) is 24.6 Å². The lowest BCUT2D eigenvalue weighted by molar-refractivity contribution is -0.115. The van der Waals surface area contributed by atoms with E-state index in [1.54, 1.807) is 37.6 Å². The number of nitrogens with one attached hydrogen (secondary N) is 2. The minimum atomic E-state index is -0.534. The maximum absolute atomic E-state index is 12.6. The molecule has 152 valence electrons. The molecule has 2 heterocycles. The molecule has 0 unspecified atom stereocenters. The molecule has 11 heteroatoms. The summed E-state index contributed by atoms with van der Waals surface area (Å²) in [4.78, 5) is 25.0. The van der Waals surface area contributed by atoms with E-state index in [2.05, 4.69) is 25.9 Å². The Morgan fingerprint density at radius 3 is 2.66 bits per heavy atom. The fourth-order valence-electron chi connectivity index (χ4n) is 2.64. The molecule has 1 aromatic carbocycles. The van der Waals surface area contributed by atoms with Crippen LogP contribution in [0.15, 0.2) is 23.6 Å². The maximum atomic E-state index is 12.6. The summed E-state index contributed by atoms with van der Waals surface area (Å²) in [6, 6.07) is 5.31. The number of thiophene rings is 1. The highest BCUT2D eigenvalue weighted by molar-refractivity contribution is 7.15. The van der Waals surface area contributed by atoms with Gasteiger partial charge in [0, 0.05) is 10.9 Å². The van der Waals surface area contributed by atoms with E-state index in [4.69, 9.17) is 14.2 Å². The smallest absolute Gasteiger partial charge is 0.341 e. The van der Waals surface area contributed by atoms with Crippen LogP contribution in [-0.2, 0) is 16.0 Å². The molecule has 10 nitrogen and oxygen atoms in total. The lowest BCUT2D eigenvalue weighted by atomic mass is 10.0. The third kappa shape index (κ3) is 4.51. The van der Waals surface area contributed by atoms with Crippen molar-refractivity contribution in [3.8, 4) is 22.6 Å². The van der Waals surface area contributed by atoms with E-state index >= 15 is 0 Å². The zero-order valence-corrected chi connectivity index (χ0v) is 16.8. The molecule has 1 amide bonds. The molecule has 0 fully saturated rings. The van der Waals surface area contributed by atoms with E-state index in [1.807, 2.05) is 0 Å². The maximum Gasteiger partial charge on any atom is 0.341 e. The molecule has 29 heavy (non-hydrogen) atoms. The number of H-pyrrole nitrogens is 1. The van der Waals surface area contributed by atoms with Crippen molar-refractivity contribution in [2.24, 2.45) is 0 Å². The number of hydrogen-bond donors (Lipinski definition) is 2. The van der Waals surface area contributed by atoms with Gasteiger partial charge in [-0.1, -0.05) is 11.3 Å². The first-order valence-corrected chi connectivity index (χ1v) is 9.48. The molecule has 3 aromatic rings. The zero-order chi connectivity index (χ0) is 20.8. The van der Waals surface area contributed by atoms with Crippen LogP contribution in [-0.4, -0.2) is 53.3 Å². The fourth-order valence-corrected chi connectivity index (χ4v) is 3.62. The number of rotatable bonds is 8. The average Bonchev–Trinajstić information content (AvgIpc) is 3.37. The summed E-state index contributed by atoms with van der Waals surface area (Å²) in [5, 5.41) is 18.1. The van der Waals surface area contributed by atoms with Gasteiger partial charge in [0.05, 0.1) is 27.2 Å². The van der Waals surface area contributed by atoms with Crippen molar-refractivity contribution in [3.63, 3.8) is 0 Å². The van der Waals surface area contributed by atoms with Gasteiger partial charge in [0.15, 0.2) is 17.3 Å². The number of esters is 1. The summed E-state index contributed by atoms with van der Waals surface area (Å²) in [6.07, 6.45) is -0.0810. The highest BCUT2D eigenvalue weighted by Gasteiger charge is 2.24. The van der Waals surface area contributed by atoms with Gasteiger partial charge in [-0.15, -0.1) is 21.5 Å². The Morgan fingerprint density at radius 1 is 1.21 bits per heavy atom. The molecule has 2 N–H and O–H groups in total. The Labute approximate surface area is 170 Å². The van der Waals surface area contributed by atoms with Crippen LogP contribution in [0, 0.1) is 0 Å². The second-order valence-electron chi connectivity index (χ2n) is 5.70. The average molecular weight is 417 g/mol. The topological polar surface area (TPSA) is 128 Å². The molecule has 2 aromatic heterocycles. The lowest BCUT2D eigenvalue weighted by Crippen LogP contribution is -2.17. The number of benzene rings is 1. The van der Waals surface area contributed by atoms with Crippen molar-refractivity contribution in [3.05, 3.63) is 35.0 Å². The first kappa shape index (κ1) is 20.3. The Bertz CT molecular complexity index is 1000. The van der Waals surface area contributed by atoms with Crippen LogP contribution >= 0.6 is 11.3 Å². The minimum absolute atomic E-state index is 0.0810. The van der Waals surface area contributed by atoms with Gasteiger partial charge in [0.2, 0.25) is 5.91 Å². The molecule has 3 rings (SSSR count). The molecule has 0 bridgehead atoms. The van der Waals surface area contributed by atoms with Crippen LogP contribution in [0.1, 0.15) is 23.1 Å². The second-order valence-corrected chi connectivity index (χ2v) is 6.58. The van der Waals surface area contributed by atoms with Crippen LogP contribution in [0.4, 0.5) is 5.00 Å². The zero-order valence-electron chi connectivity index (χ0n) is 16.0. The molecule has 0 aliphatic rings. The van der Waals surface area contributed by atoms with E-state index < -0.39 is 5.97 Å². The van der Waals surface area contributed by atoms with E-state index in [-0.39, 0.29) is 30.3 Å². The van der Waals surface area contributed by atoms with Gasteiger partial charge in [-0.3, -0.25) is 4.79 Å². The third-order valence-electron chi connectivity index (χ3n) is 3.93. The number of methoxy groups -OCH3 is 2. The summed E-state index contributed by atoms with van der Waals surface area (Å²) in [5.74, 6) is 0.425. The first-order chi connectivity index (χ1) is 14.1. The Kier molecular flexibility index (Phi) is 6.39. The summed E-state index contributed by atoms with van der Waals surface area (Å²) in [6.45, 7) is 1.92. The lowest BCUT2D eigenvalue weighted by Gasteiger charge is -2.11. The number of nitrogens with zero attached hydrogens (tertiary/aromatic N) is 3. The molecule has 0 saturated carbocycles. The van der Waals surface area contributed by atoms with Gasteiger partial charge in [-0.25, -0.2) is 4.79 Å². The Hall–Kier alpha value is -3.47. The predicted molar refractivity (Wildman–Crippen MR) is 105 cm³/mol. The third-order valence-corrected chi connectivity index (χ3v) is 4.82. The quantitative estimate of drug-likeness (QED) is 0.534. The van der Waals surface area contributed by atoms with Crippen molar-refractivity contribution < 1.29 is 23.8 Å². The molecule has 0 radical (unpaired) electrons. The summed E-state index contributed by atoms with van der Waals surface area (Å²) in [7, 11) is 3.08. The minimum Gasteiger partial charge on any atom is -0.493 e. The number of amides is 1. The van der Waals surface area contributed by atoms with Gasteiger partial charge < -0.3 is 19.5 Å². The molecule has 0 spiro atoms. The number of carbonyl (C=O) groups is 2. The highest BCUT2D eigenvalue weighted by atomic mass is 32.1. The van der Waals surface area contributed by atoms with Crippen molar-refractivity contribution in [1.29, 1.82) is 0 Å². The number of aromatic nitrogens is 4. The van der Waals surface area contributed by atoms with Gasteiger partial charge >= 0.3 is 5.97 Å². The van der Waals surface area contributed by atoms with Gasteiger partial charge in [0.25, 0.3) is 0 Å². The monoisotopic (exact) mass is 417 g/mol. The molecule has 0 atom stereocenters. The predicted octanol–water partition coefficient (Wildman–Crippen LogP) is 2.30. The molecule has 0 aliphatic heterocycles. The van der Waals surface area contributed by atoms with E-state index in [1.165, 1.54) is 18.4 Å². The molecule has 0 saturated heterocycles. The van der Waals surface area contributed by atoms with Crippen LogP contribution < -0.4 is 14.8 Å². The van der Waals surface area contributed by atoms with E-state index in [0.717, 1.165) is 5.56 Å². The fraction of sp³-hybridized carbons (Fsp3) is 0.278. The van der Waals surface area contributed by atoms with Crippen LogP contribution in [0.2, 0.25) is 0 Å². The van der Waals surface area contributed by atoms with E-state index in [9.17, 15) is 9.59 Å². The van der Waals surface area contributed by atoms with Crippen molar-refractivity contribution in [2.75, 3.05) is 26.1 Å². The first-order valence-electron chi connectivity index (χ1n) is 8.60. The second kappa shape index (κ2) is 9.15. The summed E-state index contributed by atoms with van der Waals surface area (Å²) >= 11 is 1.22. The van der Waals surface area contributed by atoms with Crippen molar-refractivity contribution in [2.45, 2.75) is 13.3 Å².